The number of nitrogens with one attached hydrogen (secondary N) is 2. The fraction of sp³-hybridized carbons (Fsp3) is 0.250. The molecule has 1 heterocycles. The molecule has 0 atom stereocenters. The molecule has 21 heavy (non-hydrogen) atoms. The van der Waals surface area contributed by atoms with Gasteiger partial charge in [0.15, 0.2) is 0 Å². The average Bonchev–Trinajstić information content (AvgIpc) is 2.80. The Labute approximate surface area is 117 Å². The summed E-state index contributed by atoms with van der Waals surface area (Å²) in [4.78, 5) is 16.9. The number of H-pyrrole nitrogens is 1. The maximum Gasteiger partial charge on any atom is 0.416 e. The van der Waals surface area contributed by atoms with Crippen LogP contribution in [0.3, 0.4) is 0 Å². The molecule has 2 aromatic rings. The number of nitrogens with zero attached hydrogens (tertiary/aromatic N) is 2. The van der Waals surface area contributed by atoms with Crippen molar-refractivity contribution in [3.8, 4) is 0 Å². The lowest BCUT2D eigenvalue weighted by molar-refractivity contribution is -0.384. The molecule has 1 aromatic carbocycles. The normalized spacial score (nSPS) is 11.4. The predicted octanol–water partition coefficient (Wildman–Crippen LogP) is 3.26. The van der Waals surface area contributed by atoms with Crippen LogP contribution in [0.4, 0.5) is 24.5 Å². The fourth-order valence-electron chi connectivity index (χ4n) is 1.75. The van der Waals surface area contributed by atoms with Crippen molar-refractivity contribution in [2.75, 3.05) is 5.32 Å². The lowest BCUT2D eigenvalue weighted by atomic mass is 10.1. The summed E-state index contributed by atoms with van der Waals surface area (Å²) in [6.07, 6.45) is -3.16. The van der Waals surface area contributed by atoms with Gasteiger partial charge in [-0.15, -0.1) is 0 Å². The first-order valence-corrected chi connectivity index (χ1v) is 5.87. The maximum atomic E-state index is 12.6. The molecule has 0 spiro atoms. The van der Waals surface area contributed by atoms with Crippen molar-refractivity contribution in [3.63, 3.8) is 0 Å². The van der Waals surface area contributed by atoms with E-state index in [2.05, 4.69) is 15.3 Å². The number of halogens is 3. The number of hydrogen-bond acceptors (Lipinski definition) is 4. The number of hydrogen-bond donors (Lipinski definition) is 2. The average molecular weight is 300 g/mol. The van der Waals surface area contributed by atoms with Crippen LogP contribution in [0.2, 0.25) is 0 Å². The Morgan fingerprint density at radius 3 is 2.67 bits per heavy atom. The lowest BCUT2D eigenvalue weighted by Gasteiger charge is -2.10. The molecule has 112 valence electrons. The van der Waals surface area contributed by atoms with Gasteiger partial charge in [0.2, 0.25) is 0 Å². The van der Waals surface area contributed by atoms with Gasteiger partial charge in [-0.05, 0) is 19.1 Å². The molecule has 0 unspecified atom stereocenters. The van der Waals surface area contributed by atoms with Crippen LogP contribution in [0.1, 0.15) is 17.0 Å². The largest absolute Gasteiger partial charge is 0.416 e. The summed E-state index contributed by atoms with van der Waals surface area (Å²) in [6, 6.07) is 2.36. The van der Waals surface area contributed by atoms with E-state index < -0.39 is 22.4 Å². The van der Waals surface area contributed by atoms with E-state index in [9.17, 15) is 23.3 Å². The SMILES string of the molecule is Cc1[nH]cnc1CNc1ccc(C(F)(F)F)cc1[N+](=O)[O-]. The number of benzene rings is 1. The van der Waals surface area contributed by atoms with Crippen LogP contribution in [0.5, 0.6) is 0 Å². The Balaban J connectivity index is 2.27. The second-order valence-corrected chi connectivity index (χ2v) is 4.31. The highest BCUT2D eigenvalue weighted by molar-refractivity contribution is 5.63. The Morgan fingerprint density at radius 1 is 1.43 bits per heavy atom. The quantitative estimate of drug-likeness (QED) is 0.670. The van der Waals surface area contributed by atoms with Crippen molar-refractivity contribution in [2.45, 2.75) is 19.6 Å². The Hall–Kier alpha value is -2.58. The number of rotatable bonds is 4. The predicted molar refractivity (Wildman–Crippen MR) is 68.7 cm³/mol. The van der Waals surface area contributed by atoms with Gasteiger partial charge in [0.1, 0.15) is 5.69 Å². The van der Waals surface area contributed by atoms with E-state index in [1.807, 2.05) is 0 Å². The van der Waals surface area contributed by atoms with Gasteiger partial charge in [0.05, 0.1) is 29.1 Å². The van der Waals surface area contributed by atoms with Crippen LogP contribution in [-0.4, -0.2) is 14.9 Å². The van der Waals surface area contributed by atoms with Crippen molar-refractivity contribution in [3.05, 3.63) is 51.6 Å². The first-order valence-electron chi connectivity index (χ1n) is 5.87. The van der Waals surface area contributed by atoms with Crippen LogP contribution in [-0.2, 0) is 12.7 Å². The molecule has 9 heteroatoms. The number of aromatic amines is 1. The molecule has 0 amide bonds. The van der Waals surface area contributed by atoms with Crippen molar-refractivity contribution in [1.29, 1.82) is 0 Å². The molecule has 6 nitrogen and oxygen atoms in total. The summed E-state index contributed by atoms with van der Waals surface area (Å²) >= 11 is 0. The molecule has 0 aliphatic rings. The first-order chi connectivity index (χ1) is 9.79. The molecule has 0 aliphatic carbocycles. The van der Waals surface area contributed by atoms with E-state index in [4.69, 9.17) is 0 Å². The molecule has 0 radical (unpaired) electrons. The minimum Gasteiger partial charge on any atom is -0.374 e. The summed E-state index contributed by atoms with van der Waals surface area (Å²) < 4.78 is 37.7. The number of alkyl halides is 3. The molecule has 2 N–H and O–H groups in total. The van der Waals surface area contributed by atoms with Gasteiger partial charge in [0.25, 0.3) is 5.69 Å². The van der Waals surface area contributed by atoms with Crippen LogP contribution in [0, 0.1) is 17.0 Å². The van der Waals surface area contributed by atoms with Gasteiger partial charge in [-0.25, -0.2) is 4.98 Å². The number of nitro groups is 1. The van der Waals surface area contributed by atoms with E-state index in [-0.39, 0.29) is 12.2 Å². The van der Waals surface area contributed by atoms with Gasteiger partial charge >= 0.3 is 6.18 Å². The summed E-state index contributed by atoms with van der Waals surface area (Å²) in [6.45, 7) is 1.94. The molecule has 0 fully saturated rings. The zero-order chi connectivity index (χ0) is 15.6. The number of anilines is 1. The highest BCUT2D eigenvalue weighted by Gasteiger charge is 2.33. The van der Waals surface area contributed by atoms with Crippen LogP contribution in [0.25, 0.3) is 0 Å². The van der Waals surface area contributed by atoms with Crippen molar-refractivity contribution < 1.29 is 18.1 Å². The van der Waals surface area contributed by atoms with E-state index >= 15 is 0 Å². The van der Waals surface area contributed by atoms with E-state index in [1.165, 1.54) is 6.33 Å². The zero-order valence-corrected chi connectivity index (χ0v) is 10.9. The third-order valence-electron chi connectivity index (χ3n) is 2.90. The second-order valence-electron chi connectivity index (χ2n) is 4.31. The second kappa shape index (κ2) is 5.43. The van der Waals surface area contributed by atoms with Gasteiger partial charge in [-0.1, -0.05) is 0 Å². The smallest absolute Gasteiger partial charge is 0.374 e. The Bertz CT molecular complexity index is 667. The van der Waals surface area contributed by atoms with Crippen molar-refractivity contribution in [1.82, 2.24) is 9.97 Å². The summed E-state index contributed by atoms with van der Waals surface area (Å²) in [5, 5.41) is 13.6. The zero-order valence-electron chi connectivity index (χ0n) is 10.9. The first kappa shape index (κ1) is 14.8. The topological polar surface area (TPSA) is 83.8 Å². The monoisotopic (exact) mass is 300 g/mol. The molecular weight excluding hydrogens is 289 g/mol. The van der Waals surface area contributed by atoms with Gasteiger partial charge in [-0.2, -0.15) is 13.2 Å². The number of imidazole rings is 1. The maximum absolute atomic E-state index is 12.6. The van der Waals surface area contributed by atoms with Crippen molar-refractivity contribution >= 4 is 11.4 Å². The molecule has 0 saturated carbocycles. The highest BCUT2D eigenvalue weighted by Crippen LogP contribution is 2.35. The number of aryl methyl sites for hydroxylation is 1. The molecule has 0 saturated heterocycles. The fourth-order valence-corrected chi connectivity index (χ4v) is 1.75. The molecular formula is C12H11F3N4O2. The molecule has 0 bridgehead atoms. The third kappa shape index (κ3) is 3.30. The lowest BCUT2D eigenvalue weighted by Crippen LogP contribution is -2.08. The highest BCUT2D eigenvalue weighted by atomic mass is 19.4. The Kier molecular flexibility index (Phi) is 3.83. The van der Waals surface area contributed by atoms with Gasteiger partial charge < -0.3 is 10.3 Å². The van der Waals surface area contributed by atoms with E-state index in [0.717, 1.165) is 17.8 Å². The van der Waals surface area contributed by atoms with E-state index in [1.54, 1.807) is 6.92 Å². The molecule has 0 aliphatic heterocycles. The summed E-state index contributed by atoms with van der Waals surface area (Å²) in [7, 11) is 0. The van der Waals surface area contributed by atoms with Gasteiger partial charge in [-0.3, -0.25) is 10.1 Å². The minimum absolute atomic E-state index is 0.00963. The van der Waals surface area contributed by atoms with Crippen molar-refractivity contribution in [2.24, 2.45) is 0 Å². The van der Waals surface area contributed by atoms with E-state index in [0.29, 0.717) is 11.8 Å². The third-order valence-corrected chi connectivity index (χ3v) is 2.90. The van der Waals surface area contributed by atoms with Crippen LogP contribution < -0.4 is 5.32 Å². The summed E-state index contributed by atoms with van der Waals surface area (Å²) in [5.74, 6) is 0. The minimum atomic E-state index is -4.62. The molecule has 2 rings (SSSR count). The van der Waals surface area contributed by atoms with Crippen LogP contribution in [0.15, 0.2) is 24.5 Å². The summed E-state index contributed by atoms with van der Waals surface area (Å²) in [5.41, 5.74) is -0.273. The van der Waals surface area contributed by atoms with Gasteiger partial charge in [0, 0.05) is 11.8 Å². The number of aromatic nitrogens is 2. The Morgan fingerprint density at radius 2 is 2.14 bits per heavy atom. The molecule has 1 aromatic heterocycles. The number of nitro benzene ring substituents is 1. The van der Waals surface area contributed by atoms with Crippen LogP contribution >= 0.6 is 0 Å². The standard InChI is InChI=1S/C12H11F3N4O2/c1-7-10(18-6-17-7)5-16-9-3-2-8(12(13,14)15)4-11(9)19(20)21/h2-4,6,16H,5H2,1H3,(H,17,18).